The highest BCUT2D eigenvalue weighted by atomic mass is 32.2. The Hall–Kier alpha value is -2.33. The number of rotatable bonds is 9. The molecule has 2 aromatic rings. The molecule has 1 aliphatic rings. The molecular formula is C23H30FN3O4S. The van der Waals surface area contributed by atoms with E-state index in [1.165, 1.54) is 12.1 Å². The van der Waals surface area contributed by atoms with Gasteiger partial charge in [-0.25, -0.2) is 17.5 Å². The molecule has 7 nitrogen and oxygen atoms in total. The van der Waals surface area contributed by atoms with Crippen molar-refractivity contribution in [1.29, 1.82) is 0 Å². The molecule has 0 saturated carbocycles. The SMILES string of the molecule is Cc1ccc(S(=O)(=O)NCCC(=O)NCC(c2cccc(F)c2)N2CCOCC2)c(C)c1. The summed E-state index contributed by atoms with van der Waals surface area (Å²) in [7, 11) is -3.69. The molecule has 9 heteroatoms. The second-order valence-corrected chi connectivity index (χ2v) is 9.68. The van der Waals surface area contributed by atoms with E-state index in [9.17, 15) is 17.6 Å². The van der Waals surface area contributed by atoms with Gasteiger partial charge in [-0.1, -0.05) is 29.8 Å². The lowest BCUT2D eigenvalue weighted by molar-refractivity contribution is -0.121. The molecule has 1 heterocycles. The summed E-state index contributed by atoms with van der Waals surface area (Å²) in [5.41, 5.74) is 2.42. The molecular weight excluding hydrogens is 433 g/mol. The van der Waals surface area contributed by atoms with Crippen molar-refractivity contribution in [3.8, 4) is 0 Å². The Balaban J connectivity index is 1.55. The Morgan fingerprint density at radius 3 is 2.59 bits per heavy atom. The van der Waals surface area contributed by atoms with Crippen LogP contribution in [0, 0.1) is 19.7 Å². The van der Waals surface area contributed by atoms with E-state index < -0.39 is 10.0 Å². The van der Waals surface area contributed by atoms with Crippen molar-refractivity contribution < 1.29 is 22.3 Å². The largest absolute Gasteiger partial charge is 0.379 e. The van der Waals surface area contributed by atoms with Gasteiger partial charge in [0.15, 0.2) is 0 Å². The molecule has 2 N–H and O–H groups in total. The number of morpholine rings is 1. The van der Waals surface area contributed by atoms with Gasteiger partial charge in [-0.15, -0.1) is 0 Å². The van der Waals surface area contributed by atoms with Gasteiger partial charge in [0.25, 0.3) is 0 Å². The maximum atomic E-state index is 13.8. The summed E-state index contributed by atoms with van der Waals surface area (Å²) in [5, 5.41) is 2.86. The average molecular weight is 464 g/mol. The van der Waals surface area contributed by atoms with Crippen LogP contribution in [-0.4, -0.2) is 58.6 Å². The molecule has 0 radical (unpaired) electrons. The number of carbonyl (C=O) groups excluding carboxylic acids is 1. The number of halogens is 1. The molecule has 3 rings (SSSR count). The Bertz CT molecular complexity index is 1040. The molecule has 1 fully saturated rings. The van der Waals surface area contributed by atoms with Gasteiger partial charge < -0.3 is 10.1 Å². The second-order valence-electron chi connectivity index (χ2n) is 7.94. The molecule has 1 aliphatic heterocycles. The molecule has 0 bridgehead atoms. The summed E-state index contributed by atoms with van der Waals surface area (Å²) in [6.45, 7) is 6.47. The van der Waals surface area contributed by atoms with E-state index in [1.54, 1.807) is 31.2 Å². The second kappa shape index (κ2) is 11.0. The van der Waals surface area contributed by atoms with Crippen molar-refractivity contribution in [3.63, 3.8) is 0 Å². The lowest BCUT2D eigenvalue weighted by Gasteiger charge is -2.35. The molecule has 174 valence electrons. The van der Waals surface area contributed by atoms with Crippen LogP contribution in [-0.2, 0) is 19.6 Å². The Morgan fingerprint density at radius 1 is 1.16 bits per heavy atom. The maximum Gasteiger partial charge on any atom is 0.240 e. The zero-order chi connectivity index (χ0) is 23.1. The highest BCUT2D eigenvalue weighted by Gasteiger charge is 2.24. The first-order valence-electron chi connectivity index (χ1n) is 10.7. The van der Waals surface area contributed by atoms with E-state index in [0.29, 0.717) is 38.4 Å². The van der Waals surface area contributed by atoms with Crippen LogP contribution in [0.15, 0.2) is 47.4 Å². The van der Waals surface area contributed by atoms with Gasteiger partial charge >= 0.3 is 0 Å². The number of hydrogen-bond acceptors (Lipinski definition) is 5. The minimum absolute atomic E-state index is 0.00310. The first-order chi connectivity index (χ1) is 15.3. The minimum atomic E-state index is -3.69. The molecule has 1 unspecified atom stereocenters. The van der Waals surface area contributed by atoms with Crippen LogP contribution >= 0.6 is 0 Å². The third-order valence-electron chi connectivity index (χ3n) is 5.48. The van der Waals surface area contributed by atoms with E-state index in [1.807, 2.05) is 13.0 Å². The lowest BCUT2D eigenvalue weighted by Crippen LogP contribution is -2.44. The Morgan fingerprint density at radius 2 is 1.91 bits per heavy atom. The molecule has 32 heavy (non-hydrogen) atoms. The van der Waals surface area contributed by atoms with Gasteiger partial charge in [0.2, 0.25) is 15.9 Å². The summed E-state index contributed by atoms with van der Waals surface area (Å²) in [6, 6.07) is 11.3. The van der Waals surface area contributed by atoms with Crippen LogP contribution in [0.2, 0.25) is 0 Å². The Labute approximate surface area is 189 Å². The minimum Gasteiger partial charge on any atom is -0.379 e. The topological polar surface area (TPSA) is 87.7 Å². The summed E-state index contributed by atoms with van der Waals surface area (Å²) in [6.07, 6.45) is 0.00310. The first-order valence-corrected chi connectivity index (χ1v) is 12.2. The van der Waals surface area contributed by atoms with Gasteiger partial charge in [0.05, 0.1) is 24.2 Å². The van der Waals surface area contributed by atoms with Crippen molar-refractivity contribution >= 4 is 15.9 Å². The van der Waals surface area contributed by atoms with Crippen molar-refractivity contribution in [2.24, 2.45) is 0 Å². The van der Waals surface area contributed by atoms with Crippen molar-refractivity contribution in [2.45, 2.75) is 31.2 Å². The molecule has 0 aromatic heterocycles. The predicted octanol–water partition coefficient (Wildman–Crippen LogP) is 2.30. The molecule has 1 saturated heterocycles. The molecule has 2 aromatic carbocycles. The van der Waals surface area contributed by atoms with Gasteiger partial charge in [-0.2, -0.15) is 0 Å². The number of sulfonamides is 1. The zero-order valence-corrected chi connectivity index (χ0v) is 19.3. The summed E-state index contributed by atoms with van der Waals surface area (Å²) >= 11 is 0. The number of benzene rings is 2. The fraction of sp³-hybridized carbons (Fsp3) is 0.435. The Kier molecular flexibility index (Phi) is 8.36. The standard InChI is InChI=1S/C23H30FN3O4S/c1-17-6-7-22(18(2)14-17)32(29,30)26-9-8-23(28)25-16-21(27-10-12-31-13-11-27)19-4-3-5-20(24)15-19/h3-7,14-15,21,26H,8-13,16H2,1-2H3,(H,25,28). The van der Waals surface area contributed by atoms with Crippen LogP contribution in [0.1, 0.15) is 29.2 Å². The van der Waals surface area contributed by atoms with Crippen molar-refractivity contribution in [1.82, 2.24) is 14.9 Å². The number of ether oxygens (including phenoxy) is 1. The first kappa shape index (κ1) is 24.3. The predicted molar refractivity (Wildman–Crippen MR) is 120 cm³/mol. The number of carbonyl (C=O) groups is 1. The monoisotopic (exact) mass is 463 g/mol. The summed E-state index contributed by atoms with van der Waals surface area (Å²) < 4.78 is 46.7. The number of aryl methyl sites for hydroxylation is 2. The smallest absolute Gasteiger partial charge is 0.240 e. The third-order valence-corrected chi connectivity index (χ3v) is 7.10. The fourth-order valence-electron chi connectivity index (χ4n) is 3.84. The molecule has 0 spiro atoms. The van der Waals surface area contributed by atoms with Crippen LogP contribution in [0.5, 0.6) is 0 Å². The number of nitrogens with one attached hydrogen (secondary N) is 2. The fourth-order valence-corrected chi connectivity index (χ4v) is 5.09. The summed E-state index contributed by atoms with van der Waals surface area (Å²) in [4.78, 5) is 14.8. The van der Waals surface area contributed by atoms with E-state index in [-0.39, 0.29) is 35.6 Å². The molecule has 0 aliphatic carbocycles. The third kappa shape index (κ3) is 6.59. The van der Waals surface area contributed by atoms with Crippen LogP contribution in [0.4, 0.5) is 4.39 Å². The number of nitrogens with zero attached hydrogens (tertiary/aromatic N) is 1. The van der Waals surface area contributed by atoms with Crippen molar-refractivity contribution in [2.75, 3.05) is 39.4 Å². The van der Waals surface area contributed by atoms with E-state index in [2.05, 4.69) is 14.9 Å². The lowest BCUT2D eigenvalue weighted by atomic mass is 10.0. The van der Waals surface area contributed by atoms with Gasteiger partial charge in [0, 0.05) is 32.6 Å². The van der Waals surface area contributed by atoms with E-state index in [0.717, 1.165) is 11.1 Å². The summed E-state index contributed by atoms with van der Waals surface area (Å²) in [5.74, 6) is -0.601. The number of amides is 1. The van der Waals surface area contributed by atoms with Crippen LogP contribution < -0.4 is 10.0 Å². The zero-order valence-electron chi connectivity index (χ0n) is 18.4. The van der Waals surface area contributed by atoms with Gasteiger partial charge in [-0.3, -0.25) is 9.69 Å². The average Bonchev–Trinajstić information content (AvgIpc) is 2.74. The highest BCUT2D eigenvalue weighted by Crippen LogP contribution is 2.22. The molecule has 1 atom stereocenters. The van der Waals surface area contributed by atoms with Gasteiger partial charge in [0.1, 0.15) is 5.82 Å². The van der Waals surface area contributed by atoms with Crippen LogP contribution in [0.3, 0.4) is 0 Å². The maximum absolute atomic E-state index is 13.8. The van der Waals surface area contributed by atoms with Gasteiger partial charge in [-0.05, 0) is 43.2 Å². The normalized spacial score (nSPS) is 16.0. The highest BCUT2D eigenvalue weighted by molar-refractivity contribution is 7.89. The molecule has 1 amide bonds. The van der Waals surface area contributed by atoms with E-state index in [4.69, 9.17) is 4.74 Å². The van der Waals surface area contributed by atoms with Crippen molar-refractivity contribution in [3.05, 3.63) is 65.0 Å². The quantitative estimate of drug-likeness (QED) is 0.596. The van der Waals surface area contributed by atoms with Crippen LogP contribution in [0.25, 0.3) is 0 Å². The van der Waals surface area contributed by atoms with E-state index >= 15 is 0 Å². The number of hydrogen-bond donors (Lipinski definition) is 2.